The van der Waals surface area contributed by atoms with Gasteiger partial charge in [-0.2, -0.15) is 5.26 Å². The number of hydrogen-bond donors (Lipinski definition) is 1. The van der Waals surface area contributed by atoms with Crippen LogP contribution in [0.1, 0.15) is 56.6 Å². The van der Waals surface area contributed by atoms with Gasteiger partial charge in [0.05, 0.1) is 29.5 Å². The summed E-state index contributed by atoms with van der Waals surface area (Å²) in [5.41, 5.74) is 1.89. The average Bonchev–Trinajstić information content (AvgIpc) is 3.06. The normalized spacial score (nSPS) is 29.9. The number of aliphatic imine (C=N–C) groups is 1. The Balaban J connectivity index is 1.68. The molecule has 2 fully saturated rings. The minimum Gasteiger partial charge on any atom is -0.390 e. The number of hydrogen-bond acceptors (Lipinski definition) is 5. The summed E-state index contributed by atoms with van der Waals surface area (Å²) >= 11 is 1.88. The first kappa shape index (κ1) is 19.4. The molecule has 0 aromatic heterocycles. The molecule has 1 spiro atoms. The lowest BCUT2D eigenvalue weighted by Gasteiger charge is -2.43. The van der Waals surface area contributed by atoms with E-state index in [1.165, 1.54) is 0 Å². The average molecular weight is 373 g/mol. The smallest absolute Gasteiger partial charge is 0.116 e. The van der Waals surface area contributed by atoms with Crippen LogP contribution in [-0.4, -0.2) is 34.2 Å². The second kappa shape index (κ2) is 8.12. The van der Waals surface area contributed by atoms with Gasteiger partial charge in [0.2, 0.25) is 0 Å². The largest absolute Gasteiger partial charge is 0.390 e. The summed E-state index contributed by atoms with van der Waals surface area (Å²) < 4.78 is 6.00. The van der Waals surface area contributed by atoms with Gasteiger partial charge in [-0.25, -0.2) is 0 Å². The summed E-state index contributed by atoms with van der Waals surface area (Å²) in [6.45, 7) is 4.92. The highest BCUT2D eigenvalue weighted by Gasteiger charge is 2.47. The summed E-state index contributed by atoms with van der Waals surface area (Å²) in [6, 6.07) is 7.71. The predicted molar refractivity (Wildman–Crippen MR) is 107 cm³/mol. The number of aliphatic hydroxyl groups is 1. The van der Waals surface area contributed by atoms with Crippen molar-refractivity contribution in [3.8, 4) is 6.07 Å². The van der Waals surface area contributed by atoms with Gasteiger partial charge in [0.1, 0.15) is 4.93 Å². The Labute approximate surface area is 160 Å². The quantitative estimate of drug-likeness (QED) is 0.758. The number of rotatable bonds is 5. The van der Waals surface area contributed by atoms with Crippen molar-refractivity contribution in [3.63, 3.8) is 0 Å². The van der Waals surface area contributed by atoms with E-state index in [0.717, 1.165) is 62.1 Å². The number of thioether (sulfide) groups is 1. The molecule has 1 aromatic rings. The van der Waals surface area contributed by atoms with Crippen LogP contribution in [0.4, 0.5) is 5.69 Å². The number of nitriles is 1. The van der Waals surface area contributed by atoms with Gasteiger partial charge in [0, 0.05) is 18.4 Å². The maximum atomic E-state index is 11.2. The molecule has 1 saturated heterocycles. The fraction of sp³-hybridized carbons (Fsp3) is 0.619. The van der Waals surface area contributed by atoms with E-state index < -0.39 is 5.60 Å². The minimum absolute atomic E-state index is 0.161. The lowest BCUT2D eigenvalue weighted by Crippen LogP contribution is -2.45. The third-order valence-electron chi connectivity index (χ3n) is 5.53. The molecule has 1 saturated carbocycles. The molecule has 1 heterocycles. The van der Waals surface area contributed by atoms with Crippen molar-refractivity contribution < 1.29 is 9.84 Å². The Morgan fingerprint density at radius 1 is 1.46 bits per heavy atom. The molecule has 1 N–H and O–H groups in total. The topological polar surface area (TPSA) is 65.6 Å². The van der Waals surface area contributed by atoms with Gasteiger partial charge in [-0.05, 0) is 68.7 Å². The molecule has 0 amide bonds. The van der Waals surface area contributed by atoms with Crippen LogP contribution in [0.2, 0.25) is 0 Å². The van der Waals surface area contributed by atoms with Gasteiger partial charge in [-0.1, -0.05) is 6.92 Å². The molecule has 3 unspecified atom stereocenters. The first-order valence-electron chi connectivity index (χ1n) is 9.53. The van der Waals surface area contributed by atoms with Gasteiger partial charge in [0.25, 0.3) is 0 Å². The Morgan fingerprint density at radius 2 is 2.31 bits per heavy atom. The highest BCUT2D eigenvalue weighted by molar-refractivity contribution is 8.00. The number of benzene rings is 1. The van der Waals surface area contributed by atoms with E-state index in [9.17, 15) is 5.11 Å². The molecule has 26 heavy (non-hydrogen) atoms. The van der Waals surface area contributed by atoms with Crippen LogP contribution in [0.3, 0.4) is 0 Å². The molecule has 0 radical (unpaired) electrons. The first-order chi connectivity index (χ1) is 12.5. The van der Waals surface area contributed by atoms with Gasteiger partial charge >= 0.3 is 0 Å². The summed E-state index contributed by atoms with van der Waals surface area (Å²) in [4.78, 5) is 4.50. The first-order valence-corrected chi connectivity index (χ1v) is 10.5. The Kier molecular flexibility index (Phi) is 6.06. The van der Waals surface area contributed by atoms with E-state index in [2.05, 4.69) is 18.0 Å². The maximum absolute atomic E-state index is 11.2. The van der Waals surface area contributed by atoms with Crippen LogP contribution in [0.5, 0.6) is 0 Å². The molecular formula is C21H28N2O2S. The third kappa shape index (κ3) is 4.49. The van der Waals surface area contributed by atoms with E-state index in [1.807, 2.05) is 37.0 Å². The van der Waals surface area contributed by atoms with Crippen molar-refractivity contribution in [2.45, 2.75) is 62.9 Å². The van der Waals surface area contributed by atoms with Crippen LogP contribution in [0.25, 0.3) is 0 Å². The summed E-state index contributed by atoms with van der Waals surface area (Å²) in [7, 11) is 0. The molecule has 2 aliphatic rings. The fourth-order valence-electron chi connectivity index (χ4n) is 4.13. The Bertz CT molecular complexity index is 706. The maximum Gasteiger partial charge on any atom is 0.116 e. The summed E-state index contributed by atoms with van der Waals surface area (Å²) in [5.74, 6) is 1.27. The summed E-state index contributed by atoms with van der Waals surface area (Å²) in [5, 5.41) is 20.2. The molecule has 3 rings (SSSR count). The zero-order valence-electron chi connectivity index (χ0n) is 15.7. The predicted octanol–water partition coefficient (Wildman–Crippen LogP) is 4.75. The van der Waals surface area contributed by atoms with Crippen LogP contribution in [0, 0.1) is 24.2 Å². The van der Waals surface area contributed by atoms with E-state index in [-0.39, 0.29) is 10.9 Å². The molecule has 5 heteroatoms. The number of ether oxygens (including phenoxy) is 1. The zero-order valence-corrected chi connectivity index (χ0v) is 16.5. The Hall–Kier alpha value is -1.35. The van der Waals surface area contributed by atoms with Crippen molar-refractivity contribution >= 4 is 23.7 Å². The number of aryl methyl sites for hydroxylation is 1. The third-order valence-corrected chi connectivity index (χ3v) is 6.89. The van der Waals surface area contributed by atoms with Crippen LogP contribution in [0.15, 0.2) is 23.2 Å². The molecule has 140 valence electrons. The van der Waals surface area contributed by atoms with Crippen LogP contribution < -0.4 is 0 Å². The minimum atomic E-state index is -0.665. The molecular weight excluding hydrogens is 344 g/mol. The lowest BCUT2D eigenvalue weighted by atomic mass is 9.76. The second-order valence-corrected chi connectivity index (χ2v) is 9.07. The van der Waals surface area contributed by atoms with Crippen molar-refractivity contribution in [1.29, 1.82) is 5.26 Å². The van der Waals surface area contributed by atoms with Gasteiger partial charge in [-0.15, -0.1) is 11.8 Å². The van der Waals surface area contributed by atoms with E-state index in [1.54, 1.807) is 6.07 Å². The highest BCUT2D eigenvalue weighted by Crippen LogP contribution is 2.49. The molecule has 1 aliphatic carbocycles. The zero-order chi connectivity index (χ0) is 18.6. The van der Waals surface area contributed by atoms with Gasteiger partial charge in [0.15, 0.2) is 0 Å². The SMILES string of the molecule is CCC(C=Nc1ccc(C#N)cc1C)CC1(O)CCCC2(C1)OCCS2. The van der Waals surface area contributed by atoms with E-state index >= 15 is 0 Å². The van der Waals surface area contributed by atoms with Gasteiger partial charge < -0.3 is 9.84 Å². The second-order valence-electron chi connectivity index (χ2n) is 7.63. The number of nitrogens with zero attached hydrogens (tertiary/aromatic N) is 2. The van der Waals surface area contributed by atoms with Crippen molar-refractivity contribution in [2.75, 3.05) is 12.4 Å². The molecule has 0 bridgehead atoms. The van der Waals surface area contributed by atoms with Crippen molar-refractivity contribution in [2.24, 2.45) is 10.9 Å². The van der Waals surface area contributed by atoms with Crippen LogP contribution >= 0.6 is 11.8 Å². The highest BCUT2D eigenvalue weighted by atomic mass is 32.2. The van der Waals surface area contributed by atoms with Crippen molar-refractivity contribution in [3.05, 3.63) is 29.3 Å². The molecule has 1 aromatic carbocycles. The van der Waals surface area contributed by atoms with Crippen LogP contribution in [-0.2, 0) is 4.74 Å². The van der Waals surface area contributed by atoms with Gasteiger partial charge in [-0.3, -0.25) is 4.99 Å². The standard InChI is InChI=1S/C21H28N2O2S/c1-3-17(14-23-19-6-5-18(13-22)11-16(19)2)12-20(24)7-4-8-21(15-20)25-9-10-26-21/h5-6,11,14,17,24H,3-4,7-10,12,15H2,1-2H3. The molecule has 1 aliphatic heterocycles. The van der Waals surface area contributed by atoms with Crippen molar-refractivity contribution in [1.82, 2.24) is 0 Å². The summed E-state index contributed by atoms with van der Waals surface area (Å²) in [6.07, 6.45) is 7.30. The Morgan fingerprint density at radius 3 is 2.96 bits per heavy atom. The molecule has 3 atom stereocenters. The van der Waals surface area contributed by atoms with E-state index in [4.69, 9.17) is 10.00 Å². The molecule has 4 nitrogen and oxygen atoms in total. The lowest BCUT2D eigenvalue weighted by molar-refractivity contribution is -0.0860. The monoisotopic (exact) mass is 372 g/mol. The van der Waals surface area contributed by atoms with E-state index in [0.29, 0.717) is 5.56 Å². The fourth-order valence-corrected chi connectivity index (χ4v) is 5.49.